The summed E-state index contributed by atoms with van der Waals surface area (Å²) >= 11 is 0. The lowest BCUT2D eigenvalue weighted by molar-refractivity contribution is -0.138. The van der Waals surface area contributed by atoms with Gasteiger partial charge in [0.05, 0.1) is 12.0 Å². The van der Waals surface area contributed by atoms with Crippen LogP contribution in [0, 0.1) is 0 Å². The molecule has 0 aliphatic rings. The van der Waals surface area contributed by atoms with Crippen LogP contribution >= 0.6 is 0 Å². The van der Waals surface area contributed by atoms with Crippen molar-refractivity contribution in [2.75, 3.05) is 6.54 Å². The average molecular weight is 303 g/mol. The summed E-state index contributed by atoms with van der Waals surface area (Å²) in [5.74, 6) is -1.69. The smallest absolute Gasteiger partial charge is 0.416 e. The fraction of sp³-hybridized carbons (Fsp3) is 0.429. The van der Waals surface area contributed by atoms with E-state index in [1.54, 1.807) is 13.8 Å². The number of nitrogens with zero attached hydrogens (tertiary/aromatic N) is 1. The van der Waals surface area contributed by atoms with Gasteiger partial charge >= 0.3 is 12.1 Å². The van der Waals surface area contributed by atoms with Crippen LogP contribution in [-0.4, -0.2) is 34.5 Å². The molecule has 1 aromatic rings. The average Bonchev–Trinajstić information content (AvgIpc) is 2.37. The molecule has 21 heavy (non-hydrogen) atoms. The Labute approximate surface area is 120 Å². The number of hydrogen-bond acceptors (Lipinski definition) is 2. The lowest BCUT2D eigenvalue weighted by atomic mass is 10.1. The van der Waals surface area contributed by atoms with Crippen molar-refractivity contribution in [3.05, 3.63) is 35.4 Å². The zero-order chi connectivity index (χ0) is 16.2. The predicted octanol–water partition coefficient (Wildman–Crippen LogP) is 3.03. The summed E-state index contributed by atoms with van der Waals surface area (Å²) in [7, 11) is 0. The van der Waals surface area contributed by atoms with Gasteiger partial charge in [0, 0.05) is 18.2 Å². The SMILES string of the molecule is CC(C)N(CCC(=O)O)C(=O)c1cccc(C(F)(F)F)c1. The lowest BCUT2D eigenvalue weighted by Crippen LogP contribution is -2.38. The Balaban J connectivity index is 3.01. The van der Waals surface area contributed by atoms with E-state index in [2.05, 4.69) is 0 Å². The van der Waals surface area contributed by atoms with Gasteiger partial charge < -0.3 is 10.0 Å². The van der Waals surface area contributed by atoms with Gasteiger partial charge in [-0.2, -0.15) is 13.2 Å². The number of amides is 1. The van der Waals surface area contributed by atoms with Crippen LogP contribution in [0.15, 0.2) is 24.3 Å². The standard InChI is InChI=1S/C14H16F3NO3/c1-9(2)18(7-6-12(19)20)13(21)10-4-3-5-11(8-10)14(15,16)17/h3-5,8-9H,6-7H2,1-2H3,(H,19,20). The first-order valence-electron chi connectivity index (χ1n) is 6.33. The van der Waals surface area contributed by atoms with E-state index in [1.807, 2.05) is 0 Å². The highest BCUT2D eigenvalue weighted by atomic mass is 19.4. The van der Waals surface area contributed by atoms with Crippen molar-refractivity contribution in [3.8, 4) is 0 Å². The first kappa shape index (κ1) is 17.0. The maximum Gasteiger partial charge on any atom is 0.416 e. The molecule has 0 spiro atoms. The summed E-state index contributed by atoms with van der Waals surface area (Å²) in [4.78, 5) is 24.1. The number of carbonyl (C=O) groups is 2. The number of benzene rings is 1. The minimum Gasteiger partial charge on any atom is -0.481 e. The van der Waals surface area contributed by atoms with Crippen molar-refractivity contribution in [2.45, 2.75) is 32.5 Å². The van der Waals surface area contributed by atoms with Gasteiger partial charge in [-0.1, -0.05) is 6.07 Å². The van der Waals surface area contributed by atoms with E-state index in [1.165, 1.54) is 11.0 Å². The highest BCUT2D eigenvalue weighted by molar-refractivity contribution is 5.94. The molecule has 0 saturated heterocycles. The number of carboxylic acids is 1. The van der Waals surface area contributed by atoms with Crippen molar-refractivity contribution in [3.63, 3.8) is 0 Å². The van der Waals surface area contributed by atoms with Crippen LogP contribution in [0.4, 0.5) is 13.2 Å². The van der Waals surface area contributed by atoms with Gasteiger partial charge in [0.25, 0.3) is 5.91 Å². The minimum absolute atomic E-state index is 0.0535. The Morgan fingerprint density at radius 1 is 1.29 bits per heavy atom. The van der Waals surface area contributed by atoms with Gasteiger partial charge in [-0.3, -0.25) is 9.59 Å². The van der Waals surface area contributed by atoms with Crippen LogP contribution in [-0.2, 0) is 11.0 Å². The largest absolute Gasteiger partial charge is 0.481 e. The third kappa shape index (κ3) is 4.77. The molecule has 0 aromatic heterocycles. The van der Waals surface area contributed by atoms with Crippen LogP contribution in [0.1, 0.15) is 36.2 Å². The van der Waals surface area contributed by atoms with Crippen molar-refractivity contribution in [1.29, 1.82) is 0 Å². The Morgan fingerprint density at radius 2 is 1.90 bits per heavy atom. The molecule has 0 aliphatic carbocycles. The van der Waals surface area contributed by atoms with Gasteiger partial charge in [0.2, 0.25) is 0 Å². The molecule has 0 atom stereocenters. The van der Waals surface area contributed by atoms with Crippen LogP contribution in [0.25, 0.3) is 0 Å². The molecule has 0 fully saturated rings. The van der Waals surface area contributed by atoms with E-state index in [4.69, 9.17) is 5.11 Å². The van der Waals surface area contributed by atoms with Gasteiger partial charge in [-0.15, -0.1) is 0 Å². The Kier molecular flexibility index (Phi) is 5.34. The molecule has 0 heterocycles. The minimum atomic E-state index is -4.53. The maximum atomic E-state index is 12.6. The highest BCUT2D eigenvalue weighted by Crippen LogP contribution is 2.29. The van der Waals surface area contributed by atoms with E-state index in [0.717, 1.165) is 18.2 Å². The van der Waals surface area contributed by atoms with Gasteiger partial charge in [0.1, 0.15) is 0 Å². The Bertz CT molecular complexity index is 526. The van der Waals surface area contributed by atoms with Crippen LogP contribution in [0.2, 0.25) is 0 Å². The Hall–Kier alpha value is -2.05. The zero-order valence-corrected chi connectivity index (χ0v) is 11.6. The second-order valence-electron chi connectivity index (χ2n) is 4.81. The molecule has 7 heteroatoms. The summed E-state index contributed by atoms with van der Waals surface area (Å²) in [5.41, 5.74) is -1.01. The maximum absolute atomic E-state index is 12.6. The molecular formula is C14H16F3NO3. The van der Waals surface area contributed by atoms with E-state index < -0.39 is 23.6 Å². The molecule has 0 aliphatic heterocycles. The lowest BCUT2D eigenvalue weighted by Gasteiger charge is -2.26. The summed E-state index contributed by atoms with van der Waals surface area (Å²) in [6, 6.07) is 3.79. The van der Waals surface area contributed by atoms with Crippen molar-refractivity contribution < 1.29 is 27.9 Å². The summed E-state index contributed by atoms with van der Waals surface area (Å²) in [5, 5.41) is 8.66. The predicted molar refractivity (Wildman–Crippen MR) is 69.9 cm³/mol. The first-order valence-corrected chi connectivity index (χ1v) is 6.33. The number of halogens is 3. The second-order valence-corrected chi connectivity index (χ2v) is 4.81. The molecule has 0 radical (unpaired) electrons. The monoisotopic (exact) mass is 303 g/mol. The molecule has 4 nitrogen and oxygen atoms in total. The molecule has 1 amide bonds. The molecular weight excluding hydrogens is 287 g/mol. The number of hydrogen-bond donors (Lipinski definition) is 1. The fourth-order valence-electron chi connectivity index (χ4n) is 1.80. The van der Waals surface area contributed by atoms with E-state index in [0.29, 0.717) is 0 Å². The van der Waals surface area contributed by atoms with Crippen LogP contribution in [0.3, 0.4) is 0 Å². The van der Waals surface area contributed by atoms with E-state index in [9.17, 15) is 22.8 Å². The van der Waals surface area contributed by atoms with Crippen LogP contribution < -0.4 is 0 Å². The second kappa shape index (κ2) is 6.60. The first-order chi connectivity index (χ1) is 9.62. The van der Waals surface area contributed by atoms with Crippen LogP contribution in [0.5, 0.6) is 0 Å². The number of alkyl halides is 3. The Morgan fingerprint density at radius 3 is 2.38 bits per heavy atom. The van der Waals surface area contributed by atoms with Gasteiger partial charge in [0.15, 0.2) is 0 Å². The summed E-state index contributed by atoms with van der Waals surface area (Å²) < 4.78 is 37.9. The number of carboxylic acid groups (broad SMARTS) is 1. The number of aliphatic carboxylic acids is 1. The number of carbonyl (C=O) groups excluding carboxylic acids is 1. The van der Waals surface area contributed by atoms with Crippen molar-refractivity contribution >= 4 is 11.9 Å². The van der Waals surface area contributed by atoms with E-state index >= 15 is 0 Å². The molecule has 116 valence electrons. The third-order valence-electron chi connectivity index (χ3n) is 2.89. The van der Waals surface area contributed by atoms with Crippen molar-refractivity contribution in [2.24, 2.45) is 0 Å². The van der Waals surface area contributed by atoms with Gasteiger partial charge in [-0.25, -0.2) is 0 Å². The normalized spacial score (nSPS) is 11.5. The molecule has 0 saturated carbocycles. The molecule has 0 unspecified atom stereocenters. The topological polar surface area (TPSA) is 57.6 Å². The van der Waals surface area contributed by atoms with Gasteiger partial charge in [-0.05, 0) is 32.0 Å². The molecule has 0 bridgehead atoms. The van der Waals surface area contributed by atoms with Crippen molar-refractivity contribution in [1.82, 2.24) is 4.90 Å². The number of rotatable bonds is 5. The summed E-state index contributed by atoms with van der Waals surface area (Å²) in [6.07, 6.45) is -4.79. The zero-order valence-electron chi connectivity index (χ0n) is 11.6. The highest BCUT2D eigenvalue weighted by Gasteiger charge is 2.31. The molecule has 1 rings (SSSR count). The summed E-state index contributed by atoms with van der Waals surface area (Å²) in [6.45, 7) is 3.29. The molecule has 1 aromatic carbocycles. The fourth-order valence-corrected chi connectivity index (χ4v) is 1.80. The van der Waals surface area contributed by atoms with E-state index in [-0.39, 0.29) is 24.6 Å². The quantitative estimate of drug-likeness (QED) is 0.909. The third-order valence-corrected chi connectivity index (χ3v) is 2.89. The molecule has 1 N–H and O–H groups in total.